The molecule has 1 N–H and O–H groups in total. The van der Waals surface area contributed by atoms with Gasteiger partial charge in [0.1, 0.15) is 18.1 Å². The minimum Gasteiger partial charge on any atom is -0.489 e. The van der Waals surface area contributed by atoms with E-state index in [0.29, 0.717) is 22.2 Å². The number of benzene rings is 2. The molecule has 0 saturated heterocycles. The highest BCUT2D eigenvalue weighted by molar-refractivity contribution is 6.36. The van der Waals surface area contributed by atoms with E-state index in [2.05, 4.69) is 10.5 Å². The molecule has 0 aliphatic carbocycles. The van der Waals surface area contributed by atoms with Crippen molar-refractivity contribution in [3.8, 4) is 5.75 Å². The first-order valence-corrected chi connectivity index (χ1v) is 10.1. The lowest BCUT2D eigenvalue weighted by Gasteiger charge is -2.15. The van der Waals surface area contributed by atoms with Crippen molar-refractivity contribution in [1.82, 2.24) is 5.16 Å². The molecule has 0 radical (unpaired) electrons. The molecule has 3 rings (SSSR count). The fourth-order valence-corrected chi connectivity index (χ4v) is 3.14. The SMILES string of the molecule is Cc1noc(C)c1COc1cccc(C(=O)OC(C)C(=O)Nc2ccc(Cl)cc2Cl)c1. The number of carbonyl (C=O) groups is 2. The van der Waals surface area contributed by atoms with Crippen LogP contribution in [0, 0.1) is 13.8 Å². The maximum atomic E-state index is 12.5. The Labute approximate surface area is 189 Å². The summed E-state index contributed by atoms with van der Waals surface area (Å²) in [5, 5.41) is 7.21. The van der Waals surface area contributed by atoms with E-state index in [9.17, 15) is 9.59 Å². The number of anilines is 1. The summed E-state index contributed by atoms with van der Waals surface area (Å²) in [5.74, 6) is -0.0378. The Balaban J connectivity index is 1.60. The van der Waals surface area contributed by atoms with Crippen molar-refractivity contribution in [3.63, 3.8) is 0 Å². The number of carbonyl (C=O) groups excluding carboxylic acids is 2. The van der Waals surface area contributed by atoms with E-state index in [4.69, 9.17) is 37.2 Å². The van der Waals surface area contributed by atoms with E-state index in [1.54, 1.807) is 43.3 Å². The normalized spacial score (nSPS) is 11.6. The zero-order valence-electron chi connectivity index (χ0n) is 17.1. The average molecular weight is 463 g/mol. The Hall–Kier alpha value is -3.03. The van der Waals surface area contributed by atoms with Crippen LogP contribution in [0.5, 0.6) is 5.75 Å². The first-order chi connectivity index (χ1) is 14.7. The molecule has 1 amide bonds. The summed E-state index contributed by atoms with van der Waals surface area (Å²) in [5.41, 5.74) is 2.21. The third-order valence-corrected chi connectivity index (χ3v) is 5.02. The van der Waals surface area contributed by atoms with Crippen molar-refractivity contribution in [2.75, 3.05) is 5.32 Å². The van der Waals surface area contributed by atoms with E-state index in [1.807, 2.05) is 6.92 Å². The second kappa shape index (κ2) is 9.85. The Morgan fingerprint density at radius 3 is 2.61 bits per heavy atom. The molecule has 0 bridgehead atoms. The van der Waals surface area contributed by atoms with Gasteiger partial charge in [-0.05, 0) is 57.2 Å². The van der Waals surface area contributed by atoms with Gasteiger partial charge in [0, 0.05) is 5.02 Å². The van der Waals surface area contributed by atoms with Crippen molar-refractivity contribution in [1.29, 1.82) is 0 Å². The van der Waals surface area contributed by atoms with Gasteiger partial charge in [0.15, 0.2) is 6.10 Å². The molecule has 31 heavy (non-hydrogen) atoms. The fraction of sp³-hybridized carbons (Fsp3) is 0.227. The molecule has 1 unspecified atom stereocenters. The lowest BCUT2D eigenvalue weighted by molar-refractivity contribution is -0.123. The standard InChI is InChI=1S/C22H20Cl2N2O5/c1-12-18(13(2)31-26-12)11-29-17-6-4-5-15(9-17)22(28)30-14(3)21(27)25-20-8-7-16(23)10-19(20)24/h4-10,14H,11H2,1-3H3,(H,25,27). The Morgan fingerprint density at radius 1 is 1.16 bits per heavy atom. The minimum absolute atomic E-state index is 0.250. The molecule has 9 heteroatoms. The summed E-state index contributed by atoms with van der Waals surface area (Å²) in [4.78, 5) is 24.9. The smallest absolute Gasteiger partial charge is 0.339 e. The van der Waals surface area contributed by atoms with Gasteiger partial charge in [-0.3, -0.25) is 4.79 Å². The van der Waals surface area contributed by atoms with Crippen molar-refractivity contribution in [2.45, 2.75) is 33.5 Å². The molecule has 0 fully saturated rings. The number of hydrogen-bond acceptors (Lipinski definition) is 6. The monoisotopic (exact) mass is 462 g/mol. The van der Waals surface area contributed by atoms with Crippen LogP contribution in [0.3, 0.4) is 0 Å². The Morgan fingerprint density at radius 2 is 1.94 bits per heavy atom. The minimum atomic E-state index is -1.05. The van der Waals surface area contributed by atoms with Crippen LogP contribution in [0.25, 0.3) is 0 Å². The molecule has 1 aromatic heterocycles. The zero-order valence-corrected chi connectivity index (χ0v) is 18.6. The van der Waals surface area contributed by atoms with Crippen molar-refractivity contribution in [3.05, 3.63) is 75.1 Å². The number of halogens is 2. The van der Waals surface area contributed by atoms with Crippen LogP contribution in [0.15, 0.2) is 47.0 Å². The molecular weight excluding hydrogens is 443 g/mol. The average Bonchev–Trinajstić information content (AvgIpc) is 3.06. The number of nitrogens with zero attached hydrogens (tertiary/aromatic N) is 1. The van der Waals surface area contributed by atoms with E-state index in [0.717, 1.165) is 11.3 Å². The number of esters is 1. The highest BCUT2D eigenvalue weighted by atomic mass is 35.5. The van der Waals surface area contributed by atoms with Crippen LogP contribution >= 0.6 is 23.2 Å². The first-order valence-electron chi connectivity index (χ1n) is 9.36. The highest BCUT2D eigenvalue weighted by Crippen LogP contribution is 2.25. The van der Waals surface area contributed by atoms with Crippen LogP contribution in [0.2, 0.25) is 10.0 Å². The number of rotatable bonds is 7. The molecule has 7 nitrogen and oxygen atoms in total. The van der Waals surface area contributed by atoms with Gasteiger partial charge in [-0.15, -0.1) is 0 Å². The van der Waals surface area contributed by atoms with Gasteiger partial charge < -0.3 is 19.3 Å². The lowest BCUT2D eigenvalue weighted by atomic mass is 10.2. The van der Waals surface area contributed by atoms with Gasteiger partial charge in [-0.1, -0.05) is 34.4 Å². The first kappa shape index (κ1) is 22.7. The maximum absolute atomic E-state index is 12.5. The van der Waals surface area contributed by atoms with Gasteiger partial charge in [-0.2, -0.15) is 0 Å². The third-order valence-electron chi connectivity index (χ3n) is 4.48. The Kier molecular flexibility index (Phi) is 7.20. The second-order valence-corrected chi connectivity index (χ2v) is 7.62. The van der Waals surface area contributed by atoms with Gasteiger partial charge in [0.25, 0.3) is 5.91 Å². The molecular formula is C22H20Cl2N2O5. The molecule has 3 aromatic rings. The van der Waals surface area contributed by atoms with Crippen LogP contribution in [-0.2, 0) is 16.1 Å². The van der Waals surface area contributed by atoms with Crippen LogP contribution in [0.4, 0.5) is 5.69 Å². The molecule has 0 aliphatic rings. The topological polar surface area (TPSA) is 90.7 Å². The van der Waals surface area contributed by atoms with E-state index >= 15 is 0 Å². The number of aryl methyl sites for hydroxylation is 2. The number of amides is 1. The summed E-state index contributed by atoms with van der Waals surface area (Å²) >= 11 is 11.9. The summed E-state index contributed by atoms with van der Waals surface area (Å²) in [6.45, 7) is 5.35. The van der Waals surface area contributed by atoms with Crippen LogP contribution in [-0.4, -0.2) is 23.1 Å². The van der Waals surface area contributed by atoms with Gasteiger partial charge >= 0.3 is 5.97 Å². The maximum Gasteiger partial charge on any atom is 0.339 e. The molecule has 1 atom stereocenters. The second-order valence-electron chi connectivity index (χ2n) is 6.78. The quantitative estimate of drug-likeness (QED) is 0.475. The Bertz CT molecular complexity index is 1090. The summed E-state index contributed by atoms with van der Waals surface area (Å²) in [7, 11) is 0. The fourth-order valence-electron chi connectivity index (χ4n) is 2.68. The molecule has 0 saturated carbocycles. The van der Waals surface area contributed by atoms with Crippen molar-refractivity contribution >= 4 is 40.8 Å². The third kappa shape index (κ3) is 5.77. The zero-order chi connectivity index (χ0) is 22.5. The molecule has 162 valence electrons. The summed E-state index contributed by atoms with van der Waals surface area (Å²) in [6.07, 6.45) is -1.05. The number of aromatic nitrogens is 1. The number of hydrogen-bond donors (Lipinski definition) is 1. The molecule has 2 aromatic carbocycles. The summed E-state index contributed by atoms with van der Waals surface area (Å²) in [6, 6.07) is 11.2. The van der Waals surface area contributed by atoms with Gasteiger partial charge in [0.2, 0.25) is 0 Å². The molecule has 0 aliphatic heterocycles. The predicted molar refractivity (Wildman–Crippen MR) is 117 cm³/mol. The van der Waals surface area contributed by atoms with E-state index in [1.165, 1.54) is 13.0 Å². The van der Waals surface area contributed by atoms with Gasteiger partial charge in [-0.25, -0.2) is 4.79 Å². The lowest BCUT2D eigenvalue weighted by Crippen LogP contribution is -2.30. The predicted octanol–water partition coefficient (Wildman–Crippen LogP) is 5.36. The van der Waals surface area contributed by atoms with Crippen molar-refractivity contribution < 1.29 is 23.6 Å². The largest absolute Gasteiger partial charge is 0.489 e. The van der Waals surface area contributed by atoms with Crippen LogP contribution < -0.4 is 10.1 Å². The van der Waals surface area contributed by atoms with E-state index in [-0.39, 0.29) is 17.2 Å². The molecule has 0 spiro atoms. The highest BCUT2D eigenvalue weighted by Gasteiger charge is 2.20. The number of ether oxygens (including phenoxy) is 2. The van der Waals surface area contributed by atoms with E-state index < -0.39 is 18.0 Å². The molecule has 1 heterocycles. The summed E-state index contributed by atoms with van der Waals surface area (Å²) < 4.78 is 16.1. The van der Waals surface area contributed by atoms with Crippen molar-refractivity contribution in [2.24, 2.45) is 0 Å². The number of nitrogens with one attached hydrogen (secondary N) is 1. The van der Waals surface area contributed by atoms with Gasteiger partial charge in [0.05, 0.1) is 27.5 Å². The van der Waals surface area contributed by atoms with Crippen LogP contribution in [0.1, 0.15) is 34.3 Å².